The Morgan fingerprint density at radius 3 is 2.17 bits per heavy atom. The summed E-state index contributed by atoms with van der Waals surface area (Å²) in [5.74, 6) is 0.854. The number of aryl methyl sites for hydroxylation is 2. The van der Waals surface area contributed by atoms with Crippen LogP contribution >= 0.6 is 0 Å². The van der Waals surface area contributed by atoms with Gasteiger partial charge in [-0.05, 0) is 61.7 Å². The Hall–Kier alpha value is -2.74. The molecule has 0 aliphatic rings. The number of hydrogen-bond acceptors (Lipinski definition) is 5. The highest BCUT2D eigenvalue weighted by molar-refractivity contribution is 7.92. The first kappa shape index (κ1) is 23.5. The molecule has 0 saturated heterocycles. The second kappa shape index (κ2) is 9.38. The van der Waals surface area contributed by atoms with Gasteiger partial charge in [-0.3, -0.25) is 9.10 Å². The van der Waals surface area contributed by atoms with E-state index < -0.39 is 16.1 Å². The molecule has 0 aromatic heterocycles. The van der Waals surface area contributed by atoms with Crippen molar-refractivity contribution in [3.8, 4) is 11.5 Å². The highest BCUT2D eigenvalue weighted by Gasteiger charge is 2.31. The molecule has 7 nitrogen and oxygen atoms in total. The molecule has 2 rings (SSSR count). The lowest BCUT2D eigenvalue weighted by Gasteiger charge is -2.31. The van der Waals surface area contributed by atoms with Crippen LogP contribution in [-0.4, -0.2) is 52.8 Å². The zero-order valence-corrected chi connectivity index (χ0v) is 19.4. The van der Waals surface area contributed by atoms with Crippen molar-refractivity contribution in [2.45, 2.75) is 33.4 Å². The second-order valence-electron chi connectivity index (χ2n) is 7.39. The Morgan fingerprint density at radius 1 is 1.00 bits per heavy atom. The molecule has 164 valence electrons. The number of anilines is 1. The number of amides is 1. The molecule has 0 aliphatic carbocycles. The highest BCUT2D eigenvalue weighted by Crippen LogP contribution is 2.28. The van der Waals surface area contributed by atoms with Gasteiger partial charge in [0.15, 0.2) is 11.5 Å². The zero-order valence-electron chi connectivity index (χ0n) is 18.6. The minimum Gasteiger partial charge on any atom is -0.493 e. The van der Waals surface area contributed by atoms with Gasteiger partial charge in [-0.1, -0.05) is 12.1 Å². The van der Waals surface area contributed by atoms with E-state index in [4.69, 9.17) is 9.47 Å². The van der Waals surface area contributed by atoms with Crippen molar-refractivity contribution in [3.63, 3.8) is 0 Å². The van der Waals surface area contributed by atoms with Gasteiger partial charge in [0.1, 0.15) is 6.04 Å². The molecule has 1 atom stereocenters. The quantitative estimate of drug-likeness (QED) is 0.638. The van der Waals surface area contributed by atoms with Crippen LogP contribution in [0, 0.1) is 13.8 Å². The summed E-state index contributed by atoms with van der Waals surface area (Å²) in [4.78, 5) is 14.6. The van der Waals surface area contributed by atoms with Crippen LogP contribution in [0.3, 0.4) is 0 Å². The van der Waals surface area contributed by atoms with Gasteiger partial charge in [0.2, 0.25) is 15.9 Å². The van der Waals surface area contributed by atoms with Gasteiger partial charge in [-0.2, -0.15) is 0 Å². The Labute approximate surface area is 179 Å². The number of rotatable bonds is 8. The normalized spacial score (nSPS) is 12.2. The molecule has 0 N–H and O–H groups in total. The van der Waals surface area contributed by atoms with E-state index in [0.717, 1.165) is 22.9 Å². The maximum Gasteiger partial charge on any atom is 0.246 e. The maximum absolute atomic E-state index is 13.1. The second-order valence-corrected chi connectivity index (χ2v) is 9.25. The monoisotopic (exact) mass is 434 g/mol. The summed E-state index contributed by atoms with van der Waals surface area (Å²) >= 11 is 0. The van der Waals surface area contributed by atoms with Crippen LogP contribution in [0.1, 0.15) is 23.6 Å². The smallest absolute Gasteiger partial charge is 0.246 e. The van der Waals surface area contributed by atoms with E-state index >= 15 is 0 Å². The standard InChI is InChI=1S/C22H30N2O5S/c1-15-8-10-19(12-16(15)2)24(30(7,26)27)17(3)22(25)23(4)14-18-9-11-20(28-5)21(13-18)29-6/h8-13,17H,14H2,1-7H3. The lowest BCUT2D eigenvalue weighted by atomic mass is 10.1. The summed E-state index contributed by atoms with van der Waals surface area (Å²) in [5.41, 5.74) is 3.32. The lowest BCUT2D eigenvalue weighted by Crippen LogP contribution is -2.48. The molecule has 8 heteroatoms. The molecule has 0 radical (unpaired) electrons. The van der Waals surface area contributed by atoms with Crippen LogP contribution in [-0.2, 0) is 21.4 Å². The molecule has 0 bridgehead atoms. The van der Waals surface area contributed by atoms with Crippen LogP contribution in [0.4, 0.5) is 5.69 Å². The minimum atomic E-state index is -3.67. The van der Waals surface area contributed by atoms with Gasteiger partial charge in [-0.25, -0.2) is 8.42 Å². The van der Waals surface area contributed by atoms with Crippen molar-refractivity contribution in [3.05, 3.63) is 53.1 Å². The first-order valence-corrected chi connectivity index (χ1v) is 11.4. The van der Waals surface area contributed by atoms with Gasteiger partial charge in [0.25, 0.3) is 0 Å². The van der Waals surface area contributed by atoms with E-state index in [2.05, 4.69) is 0 Å². The van der Waals surface area contributed by atoms with Crippen LogP contribution in [0.5, 0.6) is 11.5 Å². The van der Waals surface area contributed by atoms with Crippen molar-refractivity contribution in [1.29, 1.82) is 0 Å². The molecule has 0 aliphatic heterocycles. The average Bonchev–Trinajstić information content (AvgIpc) is 2.68. The number of ether oxygens (including phenoxy) is 2. The van der Waals surface area contributed by atoms with E-state index in [0.29, 0.717) is 23.7 Å². The van der Waals surface area contributed by atoms with E-state index in [9.17, 15) is 13.2 Å². The lowest BCUT2D eigenvalue weighted by molar-refractivity contribution is -0.131. The Bertz CT molecular complexity index is 1020. The number of sulfonamides is 1. The highest BCUT2D eigenvalue weighted by atomic mass is 32.2. The number of likely N-dealkylation sites (N-methyl/N-ethyl adjacent to an activating group) is 1. The Morgan fingerprint density at radius 2 is 1.63 bits per heavy atom. The SMILES string of the molecule is COc1ccc(CN(C)C(=O)C(C)N(c2ccc(C)c(C)c2)S(C)(=O)=O)cc1OC. The molecular formula is C22H30N2O5S. The molecule has 2 aromatic carbocycles. The summed E-state index contributed by atoms with van der Waals surface area (Å²) in [6, 6.07) is 9.88. The molecule has 1 unspecified atom stereocenters. The third-order valence-electron chi connectivity index (χ3n) is 5.06. The molecule has 2 aromatic rings. The van der Waals surface area contributed by atoms with Gasteiger partial charge in [0, 0.05) is 13.6 Å². The summed E-state index contributed by atoms with van der Waals surface area (Å²) < 4.78 is 36.8. The Kier molecular flexibility index (Phi) is 7.36. The van der Waals surface area contributed by atoms with Crippen molar-refractivity contribution in [2.75, 3.05) is 31.8 Å². The molecule has 30 heavy (non-hydrogen) atoms. The number of carbonyl (C=O) groups excluding carboxylic acids is 1. The first-order valence-electron chi connectivity index (χ1n) is 9.52. The Balaban J connectivity index is 2.29. The van der Waals surface area contributed by atoms with E-state index in [1.807, 2.05) is 26.0 Å². The third kappa shape index (κ3) is 5.24. The van der Waals surface area contributed by atoms with E-state index in [1.165, 1.54) is 9.21 Å². The largest absolute Gasteiger partial charge is 0.493 e. The fourth-order valence-corrected chi connectivity index (χ4v) is 4.48. The van der Waals surface area contributed by atoms with Crippen molar-refractivity contribution in [1.82, 2.24) is 4.90 Å². The topological polar surface area (TPSA) is 76.2 Å². The number of hydrogen-bond donors (Lipinski definition) is 0. The van der Waals surface area contributed by atoms with Crippen molar-refractivity contribution in [2.24, 2.45) is 0 Å². The fraction of sp³-hybridized carbons (Fsp3) is 0.409. The van der Waals surface area contributed by atoms with Gasteiger partial charge in [0.05, 0.1) is 26.2 Å². The van der Waals surface area contributed by atoms with Gasteiger partial charge >= 0.3 is 0 Å². The van der Waals surface area contributed by atoms with Gasteiger partial charge < -0.3 is 14.4 Å². The summed E-state index contributed by atoms with van der Waals surface area (Å²) in [6.45, 7) is 5.77. The van der Waals surface area contributed by atoms with E-state index in [1.54, 1.807) is 52.5 Å². The molecular weight excluding hydrogens is 404 g/mol. The predicted octanol–water partition coefficient (Wildman–Crippen LogP) is 3.13. The van der Waals surface area contributed by atoms with Crippen LogP contribution in [0.15, 0.2) is 36.4 Å². The summed E-state index contributed by atoms with van der Waals surface area (Å²) in [5, 5.41) is 0. The van der Waals surface area contributed by atoms with Crippen molar-refractivity contribution < 1.29 is 22.7 Å². The van der Waals surface area contributed by atoms with Crippen LogP contribution in [0.25, 0.3) is 0 Å². The maximum atomic E-state index is 13.1. The minimum absolute atomic E-state index is 0.300. The fourth-order valence-electron chi connectivity index (χ4n) is 3.31. The summed E-state index contributed by atoms with van der Waals surface area (Å²) in [6.07, 6.45) is 1.11. The molecule has 0 spiro atoms. The average molecular weight is 435 g/mol. The molecule has 0 saturated carbocycles. The summed E-state index contributed by atoms with van der Waals surface area (Å²) in [7, 11) is 1.09. The first-order chi connectivity index (χ1) is 14.0. The molecule has 0 heterocycles. The zero-order chi connectivity index (χ0) is 22.6. The predicted molar refractivity (Wildman–Crippen MR) is 119 cm³/mol. The number of benzene rings is 2. The third-order valence-corrected chi connectivity index (χ3v) is 6.30. The molecule has 0 fully saturated rings. The number of carbonyl (C=O) groups is 1. The van der Waals surface area contributed by atoms with Crippen LogP contribution < -0.4 is 13.8 Å². The molecule has 1 amide bonds. The van der Waals surface area contributed by atoms with E-state index in [-0.39, 0.29) is 5.91 Å². The van der Waals surface area contributed by atoms with Crippen LogP contribution in [0.2, 0.25) is 0 Å². The number of nitrogens with zero attached hydrogens (tertiary/aromatic N) is 2. The van der Waals surface area contributed by atoms with Crippen molar-refractivity contribution >= 4 is 21.6 Å². The number of methoxy groups -OCH3 is 2. The van der Waals surface area contributed by atoms with Gasteiger partial charge in [-0.15, -0.1) is 0 Å².